The summed E-state index contributed by atoms with van der Waals surface area (Å²) in [6.45, 7) is 0. The molecule has 4 nitrogen and oxygen atoms in total. The SMILES string of the molecule is O=[N+]([O-])c1cccc(CSNC2CC2)c1. The van der Waals surface area contributed by atoms with Crippen molar-refractivity contribution in [2.24, 2.45) is 0 Å². The molecule has 0 heterocycles. The van der Waals surface area contributed by atoms with E-state index in [0.29, 0.717) is 6.04 Å². The highest BCUT2D eigenvalue weighted by Crippen LogP contribution is 2.23. The van der Waals surface area contributed by atoms with Crippen LogP contribution in [0.3, 0.4) is 0 Å². The van der Waals surface area contributed by atoms with Gasteiger partial charge in [0.25, 0.3) is 5.69 Å². The molecule has 0 radical (unpaired) electrons. The quantitative estimate of drug-likeness (QED) is 0.474. The highest BCUT2D eigenvalue weighted by Gasteiger charge is 2.20. The number of nitro groups is 1. The predicted octanol–water partition coefficient (Wildman–Crippen LogP) is 2.50. The minimum absolute atomic E-state index is 0.166. The Bertz CT molecular complexity index is 366. The van der Waals surface area contributed by atoms with Crippen molar-refractivity contribution in [1.29, 1.82) is 0 Å². The van der Waals surface area contributed by atoms with E-state index in [0.717, 1.165) is 11.3 Å². The van der Waals surface area contributed by atoms with Gasteiger partial charge in [0, 0.05) is 23.9 Å². The lowest BCUT2D eigenvalue weighted by Gasteiger charge is -2.01. The Hall–Kier alpha value is -1.07. The monoisotopic (exact) mass is 224 g/mol. The third-order valence-electron chi connectivity index (χ3n) is 2.19. The summed E-state index contributed by atoms with van der Waals surface area (Å²) >= 11 is 1.62. The minimum atomic E-state index is -0.359. The Morgan fingerprint density at radius 1 is 1.53 bits per heavy atom. The van der Waals surface area contributed by atoms with E-state index in [9.17, 15) is 10.1 Å². The number of hydrogen-bond acceptors (Lipinski definition) is 4. The first kappa shape index (κ1) is 10.4. The van der Waals surface area contributed by atoms with Crippen LogP contribution in [0.2, 0.25) is 0 Å². The zero-order valence-corrected chi connectivity index (χ0v) is 9.00. The molecule has 0 aliphatic heterocycles. The maximum absolute atomic E-state index is 10.5. The van der Waals surface area contributed by atoms with Gasteiger partial charge in [0.15, 0.2) is 0 Å². The fourth-order valence-corrected chi connectivity index (χ4v) is 2.10. The van der Waals surface area contributed by atoms with Crippen LogP contribution in [0, 0.1) is 10.1 Å². The lowest BCUT2D eigenvalue weighted by atomic mass is 10.2. The largest absolute Gasteiger partial charge is 0.269 e. The van der Waals surface area contributed by atoms with Gasteiger partial charge in [0.05, 0.1) is 4.92 Å². The average Bonchev–Trinajstić information content (AvgIpc) is 3.02. The number of nitrogens with one attached hydrogen (secondary N) is 1. The second-order valence-electron chi connectivity index (χ2n) is 3.61. The zero-order valence-electron chi connectivity index (χ0n) is 8.18. The molecule has 1 aliphatic rings. The molecule has 1 fully saturated rings. The maximum atomic E-state index is 10.5. The van der Waals surface area contributed by atoms with Crippen molar-refractivity contribution in [2.45, 2.75) is 24.6 Å². The van der Waals surface area contributed by atoms with Crippen LogP contribution in [0.1, 0.15) is 18.4 Å². The number of benzene rings is 1. The third kappa shape index (κ3) is 3.21. The summed E-state index contributed by atoms with van der Waals surface area (Å²) in [5.41, 5.74) is 1.15. The normalized spacial score (nSPS) is 15.2. The summed E-state index contributed by atoms with van der Waals surface area (Å²) < 4.78 is 3.30. The van der Waals surface area contributed by atoms with E-state index in [1.165, 1.54) is 18.9 Å². The molecule has 0 saturated heterocycles. The lowest BCUT2D eigenvalue weighted by molar-refractivity contribution is -0.384. The Labute approximate surface area is 92.3 Å². The summed E-state index contributed by atoms with van der Waals surface area (Å²) in [4.78, 5) is 10.2. The van der Waals surface area contributed by atoms with Gasteiger partial charge < -0.3 is 0 Å². The molecule has 1 aromatic carbocycles. The van der Waals surface area contributed by atoms with E-state index >= 15 is 0 Å². The number of hydrogen-bond donors (Lipinski definition) is 1. The average molecular weight is 224 g/mol. The number of nitrogens with zero attached hydrogens (tertiary/aromatic N) is 1. The second kappa shape index (κ2) is 4.63. The van der Waals surface area contributed by atoms with E-state index in [4.69, 9.17) is 0 Å². The van der Waals surface area contributed by atoms with E-state index in [2.05, 4.69) is 4.72 Å². The predicted molar refractivity (Wildman–Crippen MR) is 60.5 cm³/mol. The van der Waals surface area contributed by atoms with Gasteiger partial charge in [-0.2, -0.15) is 0 Å². The third-order valence-corrected chi connectivity index (χ3v) is 3.17. The van der Waals surface area contributed by atoms with E-state index in [1.807, 2.05) is 6.07 Å². The van der Waals surface area contributed by atoms with E-state index < -0.39 is 0 Å². The Kier molecular flexibility index (Phi) is 3.23. The van der Waals surface area contributed by atoms with Crippen LogP contribution in [0.4, 0.5) is 5.69 Å². The molecule has 0 unspecified atom stereocenters. The fourth-order valence-electron chi connectivity index (χ4n) is 1.20. The molecular weight excluding hydrogens is 212 g/mol. The van der Waals surface area contributed by atoms with Gasteiger partial charge >= 0.3 is 0 Å². The van der Waals surface area contributed by atoms with Crippen molar-refractivity contribution in [3.8, 4) is 0 Å². The molecule has 0 atom stereocenters. The summed E-state index contributed by atoms with van der Waals surface area (Å²) in [5, 5.41) is 10.5. The van der Waals surface area contributed by atoms with Crippen molar-refractivity contribution in [1.82, 2.24) is 4.72 Å². The van der Waals surface area contributed by atoms with Crippen LogP contribution < -0.4 is 4.72 Å². The Morgan fingerprint density at radius 3 is 3.00 bits per heavy atom. The number of non-ortho nitro benzene ring substituents is 1. The Morgan fingerprint density at radius 2 is 2.33 bits per heavy atom. The van der Waals surface area contributed by atoms with E-state index in [1.54, 1.807) is 24.1 Å². The number of nitro benzene ring substituents is 1. The van der Waals surface area contributed by atoms with Crippen molar-refractivity contribution >= 4 is 17.6 Å². The van der Waals surface area contributed by atoms with Crippen molar-refractivity contribution in [3.63, 3.8) is 0 Å². The molecular formula is C10H12N2O2S. The van der Waals surface area contributed by atoms with Gasteiger partial charge in [-0.25, -0.2) is 0 Å². The first-order valence-corrected chi connectivity index (χ1v) is 5.85. The second-order valence-corrected chi connectivity index (χ2v) is 4.42. The van der Waals surface area contributed by atoms with Gasteiger partial charge in [-0.05, 0) is 18.4 Å². The molecule has 0 bridgehead atoms. The summed E-state index contributed by atoms with van der Waals surface area (Å²) in [7, 11) is 0. The standard InChI is InChI=1S/C10H12N2O2S/c13-12(14)10-3-1-2-8(6-10)7-15-11-9-4-5-9/h1-3,6,9,11H,4-5,7H2. The van der Waals surface area contributed by atoms with Crippen molar-refractivity contribution in [3.05, 3.63) is 39.9 Å². The molecule has 0 aromatic heterocycles. The molecule has 1 aliphatic carbocycles. The van der Waals surface area contributed by atoms with Gasteiger partial charge in [-0.3, -0.25) is 14.8 Å². The first-order chi connectivity index (χ1) is 7.25. The van der Waals surface area contributed by atoms with Crippen LogP contribution in [0.5, 0.6) is 0 Å². The topological polar surface area (TPSA) is 55.2 Å². The van der Waals surface area contributed by atoms with Gasteiger partial charge in [-0.15, -0.1) is 0 Å². The highest BCUT2D eigenvalue weighted by molar-refractivity contribution is 7.96. The van der Waals surface area contributed by atoms with Crippen LogP contribution in [0.25, 0.3) is 0 Å². The van der Waals surface area contributed by atoms with Crippen molar-refractivity contribution in [2.75, 3.05) is 0 Å². The molecule has 0 spiro atoms. The molecule has 0 amide bonds. The van der Waals surface area contributed by atoms with Gasteiger partial charge in [0.2, 0.25) is 0 Å². The smallest absolute Gasteiger partial charge is 0.261 e. The first-order valence-electron chi connectivity index (χ1n) is 4.86. The van der Waals surface area contributed by atoms with Gasteiger partial charge in [0.1, 0.15) is 0 Å². The van der Waals surface area contributed by atoms with Crippen LogP contribution >= 0.6 is 11.9 Å². The molecule has 1 N–H and O–H groups in total. The fraction of sp³-hybridized carbons (Fsp3) is 0.400. The zero-order chi connectivity index (χ0) is 10.7. The van der Waals surface area contributed by atoms with Crippen molar-refractivity contribution < 1.29 is 4.92 Å². The van der Waals surface area contributed by atoms with Crippen LogP contribution in [-0.2, 0) is 5.75 Å². The number of rotatable bonds is 5. The molecule has 80 valence electrons. The summed E-state index contributed by atoms with van der Waals surface area (Å²) in [6, 6.07) is 7.44. The van der Waals surface area contributed by atoms with E-state index in [-0.39, 0.29) is 10.6 Å². The van der Waals surface area contributed by atoms with Crippen LogP contribution in [-0.4, -0.2) is 11.0 Å². The summed E-state index contributed by atoms with van der Waals surface area (Å²) in [5.74, 6) is 0.776. The Balaban J connectivity index is 1.88. The molecule has 2 rings (SSSR count). The molecule has 1 saturated carbocycles. The summed E-state index contributed by atoms with van der Waals surface area (Å²) in [6.07, 6.45) is 2.50. The van der Waals surface area contributed by atoms with Gasteiger partial charge in [-0.1, -0.05) is 24.1 Å². The lowest BCUT2D eigenvalue weighted by Crippen LogP contribution is -2.05. The maximum Gasteiger partial charge on any atom is 0.269 e. The molecule has 1 aromatic rings. The van der Waals surface area contributed by atoms with Crippen LogP contribution in [0.15, 0.2) is 24.3 Å². The molecule has 5 heteroatoms. The minimum Gasteiger partial charge on any atom is -0.261 e. The molecule has 15 heavy (non-hydrogen) atoms. The highest BCUT2D eigenvalue weighted by atomic mass is 32.2.